The number of aryl methyl sites for hydroxylation is 1. The van der Waals surface area contributed by atoms with Crippen molar-refractivity contribution < 1.29 is 0 Å². The van der Waals surface area contributed by atoms with Gasteiger partial charge in [-0.25, -0.2) is 4.98 Å². The minimum absolute atomic E-state index is 0.0350. The van der Waals surface area contributed by atoms with Crippen LogP contribution in [0.1, 0.15) is 22.9 Å². The van der Waals surface area contributed by atoms with Crippen LogP contribution in [-0.4, -0.2) is 24.7 Å². The Labute approximate surface area is 149 Å². The summed E-state index contributed by atoms with van der Waals surface area (Å²) >= 11 is 6.52. The largest absolute Gasteiger partial charge is 0.345 e. The fourth-order valence-corrected chi connectivity index (χ4v) is 3.25. The van der Waals surface area contributed by atoms with Gasteiger partial charge in [0, 0.05) is 32.2 Å². The Bertz CT molecular complexity index is 991. The fourth-order valence-electron chi connectivity index (χ4n) is 2.97. The zero-order valence-electron chi connectivity index (χ0n) is 13.6. The first-order valence-corrected chi connectivity index (χ1v) is 8.33. The van der Waals surface area contributed by atoms with Gasteiger partial charge in [-0.15, -0.1) is 0 Å². The first-order chi connectivity index (χ1) is 12.2. The van der Waals surface area contributed by atoms with Gasteiger partial charge in [-0.2, -0.15) is 5.10 Å². The number of nitrogens with zero attached hydrogens (tertiary/aromatic N) is 4. The average Bonchev–Trinajstić information content (AvgIpc) is 3.28. The lowest BCUT2D eigenvalue weighted by Crippen LogP contribution is -2.24. The summed E-state index contributed by atoms with van der Waals surface area (Å²) in [7, 11) is 1.93. The highest BCUT2D eigenvalue weighted by Gasteiger charge is 2.18. The minimum atomic E-state index is -0.0350. The molecule has 0 spiro atoms. The molecule has 126 valence electrons. The van der Waals surface area contributed by atoms with E-state index in [0.717, 1.165) is 27.9 Å². The summed E-state index contributed by atoms with van der Waals surface area (Å²) in [6.07, 6.45) is 7.08. The third-order valence-electron chi connectivity index (χ3n) is 4.28. The molecule has 4 aromatic rings. The van der Waals surface area contributed by atoms with E-state index in [1.54, 1.807) is 18.7 Å². The molecule has 0 aliphatic rings. The summed E-state index contributed by atoms with van der Waals surface area (Å²) in [6.45, 7) is 0.604. The molecule has 6 nitrogen and oxygen atoms in total. The second kappa shape index (κ2) is 6.66. The zero-order chi connectivity index (χ0) is 17.2. The first-order valence-electron chi connectivity index (χ1n) is 7.95. The molecule has 0 aliphatic heterocycles. The Kier molecular flexibility index (Phi) is 4.21. The normalized spacial score (nSPS) is 12.6. The van der Waals surface area contributed by atoms with E-state index in [9.17, 15) is 0 Å². The molecule has 0 radical (unpaired) electrons. The Hall–Kier alpha value is -2.70. The summed E-state index contributed by atoms with van der Waals surface area (Å²) in [5.74, 6) is 0. The maximum absolute atomic E-state index is 6.52. The topological polar surface area (TPSA) is 71.4 Å². The van der Waals surface area contributed by atoms with Crippen molar-refractivity contribution in [2.24, 2.45) is 7.05 Å². The molecule has 4 rings (SSSR count). The SMILES string of the molecule is Cn1nccc1C(NCc1ccc2[nH]cnc2c1Cl)c1cccnc1. The van der Waals surface area contributed by atoms with Crippen molar-refractivity contribution in [1.82, 2.24) is 30.0 Å². The van der Waals surface area contributed by atoms with E-state index in [0.29, 0.717) is 11.6 Å². The maximum Gasteiger partial charge on any atom is 0.107 e. The van der Waals surface area contributed by atoms with Gasteiger partial charge in [0.25, 0.3) is 0 Å². The fraction of sp³-hybridized carbons (Fsp3) is 0.167. The van der Waals surface area contributed by atoms with E-state index < -0.39 is 0 Å². The number of H-pyrrole nitrogens is 1. The molecule has 2 N–H and O–H groups in total. The lowest BCUT2D eigenvalue weighted by atomic mass is 10.0. The molecule has 25 heavy (non-hydrogen) atoms. The number of hydrogen-bond acceptors (Lipinski definition) is 4. The Morgan fingerprint density at radius 2 is 2.16 bits per heavy atom. The van der Waals surface area contributed by atoms with Crippen molar-refractivity contribution in [2.75, 3.05) is 0 Å². The summed E-state index contributed by atoms with van der Waals surface area (Å²) in [5.41, 5.74) is 4.86. The molecule has 3 aromatic heterocycles. The van der Waals surface area contributed by atoms with Crippen molar-refractivity contribution in [3.8, 4) is 0 Å². The molecule has 0 saturated heterocycles. The Morgan fingerprint density at radius 3 is 2.92 bits per heavy atom. The van der Waals surface area contributed by atoms with Crippen LogP contribution in [0.15, 0.2) is 55.2 Å². The van der Waals surface area contributed by atoms with Crippen LogP contribution >= 0.6 is 11.6 Å². The molecule has 0 amide bonds. The van der Waals surface area contributed by atoms with Crippen LogP contribution in [-0.2, 0) is 13.6 Å². The number of nitrogens with one attached hydrogen (secondary N) is 2. The van der Waals surface area contributed by atoms with E-state index in [-0.39, 0.29) is 6.04 Å². The van der Waals surface area contributed by atoms with Crippen molar-refractivity contribution in [3.05, 3.63) is 77.1 Å². The van der Waals surface area contributed by atoms with Gasteiger partial charge in [-0.1, -0.05) is 23.7 Å². The molecule has 0 bridgehead atoms. The summed E-state index contributed by atoms with van der Waals surface area (Å²) in [4.78, 5) is 11.6. The molecule has 1 atom stereocenters. The monoisotopic (exact) mass is 352 g/mol. The number of aromatic nitrogens is 5. The molecule has 1 aromatic carbocycles. The number of hydrogen-bond donors (Lipinski definition) is 2. The highest BCUT2D eigenvalue weighted by atomic mass is 35.5. The lowest BCUT2D eigenvalue weighted by molar-refractivity contribution is 0.555. The van der Waals surface area contributed by atoms with Gasteiger partial charge < -0.3 is 10.3 Å². The van der Waals surface area contributed by atoms with Crippen molar-refractivity contribution in [2.45, 2.75) is 12.6 Å². The highest BCUT2D eigenvalue weighted by molar-refractivity contribution is 6.35. The van der Waals surface area contributed by atoms with Crippen LogP contribution < -0.4 is 5.32 Å². The van der Waals surface area contributed by atoms with Gasteiger partial charge in [0.05, 0.1) is 28.6 Å². The zero-order valence-corrected chi connectivity index (χ0v) is 14.4. The number of pyridine rings is 1. The van der Waals surface area contributed by atoms with Crippen molar-refractivity contribution >= 4 is 22.6 Å². The smallest absolute Gasteiger partial charge is 0.107 e. The molecule has 7 heteroatoms. The first kappa shape index (κ1) is 15.8. The molecular formula is C18H17ClN6. The summed E-state index contributed by atoms with van der Waals surface area (Å²) < 4.78 is 1.86. The molecule has 0 aliphatic carbocycles. The van der Waals surface area contributed by atoms with Crippen LogP contribution in [0.25, 0.3) is 11.0 Å². The molecule has 1 unspecified atom stereocenters. The second-order valence-corrected chi connectivity index (χ2v) is 6.20. The molecule has 0 fully saturated rings. The molecule has 0 saturated carbocycles. The standard InChI is InChI=1S/C18H17ClN6/c1-25-15(6-8-24-25)17(13-3-2-7-20-9-13)21-10-12-4-5-14-18(16(12)19)23-11-22-14/h2-9,11,17,21H,10H2,1H3,(H,22,23). The summed E-state index contributed by atoms with van der Waals surface area (Å²) in [5, 5.41) is 8.52. The van der Waals surface area contributed by atoms with Crippen LogP contribution in [0.3, 0.4) is 0 Å². The minimum Gasteiger partial charge on any atom is -0.345 e. The maximum atomic E-state index is 6.52. The van der Waals surface area contributed by atoms with E-state index >= 15 is 0 Å². The Balaban J connectivity index is 1.65. The predicted octanol–water partition coefficient (Wildman–Crippen LogP) is 3.22. The molecule has 3 heterocycles. The number of aromatic amines is 1. The van der Waals surface area contributed by atoms with Gasteiger partial charge in [0.1, 0.15) is 5.52 Å². The Morgan fingerprint density at radius 1 is 1.24 bits per heavy atom. The van der Waals surface area contributed by atoms with E-state index in [2.05, 4.69) is 31.4 Å². The van der Waals surface area contributed by atoms with Gasteiger partial charge in [-0.05, 0) is 29.3 Å². The summed E-state index contributed by atoms with van der Waals surface area (Å²) in [6, 6.07) is 9.96. The number of imidazole rings is 1. The molecular weight excluding hydrogens is 336 g/mol. The van der Waals surface area contributed by atoms with E-state index in [4.69, 9.17) is 11.6 Å². The van der Waals surface area contributed by atoms with Gasteiger partial charge >= 0.3 is 0 Å². The average molecular weight is 353 g/mol. The van der Waals surface area contributed by atoms with Crippen molar-refractivity contribution in [3.63, 3.8) is 0 Å². The van der Waals surface area contributed by atoms with Crippen LogP contribution in [0.4, 0.5) is 0 Å². The third-order valence-corrected chi connectivity index (χ3v) is 4.70. The van der Waals surface area contributed by atoms with Crippen LogP contribution in [0, 0.1) is 0 Å². The van der Waals surface area contributed by atoms with Crippen LogP contribution in [0.2, 0.25) is 5.02 Å². The predicted molar refractivity (Wildman–Crippen MR) is 97.2 cm³/mol. The van der Waals surface area contributed by atoms with Gasteiger partial charge in [0.15, 0.2) is 0 Å². The van der Waals surface area contributed by atoms with E-state index in [1.165, 1.54) is 0 Å². The van der Waals surface area contributed by atoms with Crippen molar-refractivity contribution in [1.29, 1.82) is 0 Å². The van der Waals surface area contributed by atoms with Gasteiger partial charge in [0.2, 0.25) is 0 Å². The second-order valence-electron chi connectivity index (χ2n) is 5.82. The quantitative estimate of drug-likeness (QED) is 0.578. The lowest BCUT2D eigenvalue weighted by Gasteiger charge is -2.20. The number of rotatable bonds is 5. The number of benzene rings is 1. The van der Waals surface area contributed by atoms with Gasteiger partial charge in [-0.3, -0.25) is 9.67 Å². The van der Waals surface area contributed by atoms with Crippen LogP contribution in [0.5, 0.6) is 0 Å². The highest BCUT2D eigenvalue weighted by Crippen LogP contribution is 2.26. The third kappa shape index (κ3) is 3.01. The van der Waals surface area contributed by atoms with E-state index in [1.807, 2.05) is 42.2 Å². The number of halogens is 1. The number of fused-ring (bicyclic) bond motifs is 1.